The maximum absolute atomic E-state index is 12.4. The summed E-state index contributed by atoms with van der Waals surface area (Å²) in [6.07, 6.45) is -4.74. The van der Waals surface area contributed by atoms with Crippen molar-refractivity contribution in [3.8, 4) is 22.7 Å². The number of rotatable bonds is 3. The van der Waals surface area contributed by atoms with Gasteiger partial charge in [-0.15, -0.1) is 13.2 Å². The Morgan fingerprint density at radius 1 is 1.04 bits per heavy atom. The van der Waals surface area contributed by atoms with Gasteiger partial charge in [0.15, 0.2) is 0 Å². The molecule has 0 unspecified atom stereocenters. The van der Waals surface area contributed by atoms with Crippen LogP contribution in [0.15, 0.2) is 54.6 Å². The Kier molecular flexibility index (Phi) is 4.24. The molecule has 7 heteroatoms. The van der Waals surface area contributed by atoms with E-state index in [-0.39, 0.29) is 5.75 Å². The minimum Gasteiger partial charge on any atom is -0.406 e. The van der Waals surface area contributed by atoms with Gasteiger partial charge in [-0.1, -0.05) is 35.9 Å². The zero-order chi connectivity index (χ0) is 17.3. The molecule has 0 fully saturated rings. The summed E-state index contributed by atoms with van der Waals surface area (Å²) < 4.78 is 42.8. The second kappa shape index (κ2) is 6.20. The van der Waals surface area contributed by atoms with Gasteiger partial charge < -0.3 is 4.74 Å². The summed E-state index contributed by atoms with van der Waals surface area (Å²) in [5.41, 5.74) is 2.52. The lowest BCUT2D eigenvalue weighted by molar-refractivity contribution is -0.274. The molecule has 3 aromatic rings. The molecule has 0 saturated carbocycles. The molecule has 0 amide bonds. The monoisotopic (exact) mass is 352 g/mol. The first-order chi connectivity index (χ1) is 11.3. The largest absolute Gasteiger partial charge is 0.573 e. The van der Waals surface area contributed by atoms with Crippen LogP contribution < -0.4 is 4.74 Å². The van der Waals surface area contributed by atoms with Crippen molar-refractivity contribution < 1.29 is 17.9 Å². The summed E-state index contributed by atoms with van der Waals surface area (Å²) in [6, 6.07) is 14.6. The van der Waals surface area contributed by atoms with Crippen LogP contribution >= 0.6 is 11.6 Å². The maximum atomic E-state index is 12.4. The van der Waals surface area contributed by atoms with Crippen molar-refractivity contribution in [2.24, 2.45) is 0 Å². The lowest BCUT2D eigenvalue weighted by Gasteiger charge is -2.12. The molecule has 1 aromatic heterocycles. The van der Waals surface area contributed by atoms with E-state index in [0.717, 1.165) is 0 Å². The summed E-state index contributed by atoms with van der Waals surface area (Å²) in [5.74, 6) is -0.287. The molecule has 0 atom stereocenters. The molecular formula is C17H12ClF3N2O. The van der Waals surface area contributed by atoms with Gasteiger partial charge in [0.25, 0.3) is 0 Å². The van der Waals surface area contributed by atoms with Crippen molar-refractivity contribution in [1.82, 2.24) is 9.78 Å². The average molecular weight is 353 g/mol. The van der Waals surface area contributed by atoms with E-state index in [1.54, 1.807) is 41.9 Å². The molecule has 0 radical (unpaired) electrons. The fraction of sp³-hybridized carbons (Fsp3) is 0.118. The summed E-state index contributed by atoms with van der Waals surface area (Å²) in [7, 11) is 0. The van der Waals surface area contributed by atoms with Gasteiger partial charge in [-0.05, 0) is 37.3 Å². The summed E-state index contributed by atoms with van der Waals surface area (Å²) in [6.45, 7) is 1.80. The first-order valence-electron chi connectivity index (χ1n) is 7.01. The smallest absolute Gasteiger partial charge is 0.406 e. The number of aromatic nitrogens is 2. The third-order valence-electron chi connectivity index (χ3n) is 3.28. The van der Waals surface area contributed by atoms with Crippen LogP contribution in [-0.2, 0) is 0 Å². The van der Waals surface area contributed by atoms with E-state index in [1.165, 1.54) is 18.2 Å². The van der Waals surface area contributed by atoms with E-state index >= 15 is 0 Å². The van der Waals surface area contributed by atoms with E-state index in [9.17, 15) is 13.2 Å². The molecule has 1 heterocycles. The molecule has 0 bridgehead atoms. The van der Waals surface area contributed by atoms with Crippen LogP contribution in [0.1, 0.15) is 5.69 Å². The number of aryl methyl sites for hydroxylation is 1. The number of para-hydroxylation sites is 1. The van der Waals surface area contributed by atoms with Crippen LogP contribution in [0.4, 0.5) is 13.2 Å². The number of hydrogen-bond donors (Lipinski definition) is 0. The Labute approximate surface area is 141 Å². The Balaban J connectivity index is 2.08. The van der Waals surface area contributed by atoms with Crippen LogP contribution in [0.2, 0.25) is 5.02 Å². The lowest BCUT2D eigenvalue weighted by atomic mass is 10.1. The number of alkyl halides is 3. The number of ether oxygens (including phenoxy) is 1. The van der Waals surface area contributed by atoms with Crippen molar-refractivity contribution in [1.29, 1.82) is 0 Å². The lowest BCUT2D eigenvalue weighted by Crippen LogP contribution is -2.17. The molecule has 3 rings (SSSR count). The molecule has 0 N–H and O–H groups in total. The van der Waals surface area contributed by atoms with E-state index in [4.69, 9.17) is 11.6 Å². The Morgan fingerprint density at radius 3 is 2.50 bits per heavy atom. The standard InChI is InChI=1S/C17H12ClF3N2O/c1-11-9-16(23(22-11)15-8-3-2-7-14(15)18)12-5-4-6-13(10-12)24-17(19,20)21/h2-10H,1H3. The maximum Gasteiger partial charge on any atom is 0.573 e. The van der Waals surface area contributed by atoms with E-state index < -0.39 is 6.36 Å². The van der Waals surface area contributed by atoms with E-state index in [0.29, 0.717) is 27.7 Å². The average Bonchev–Trinajstić information content (AvgIpc) is 2.88. The third kappa shape index (κ3) is 3.54. The van der Waals surface area contributed by atoms with Crippen LogP contribution in [0.5, 0.6) is 5.75 Å². The molecule has 0 aliphatic rings. The van der Waals surface area contributed by atoms with Crippen molar-refractivity contribution >= 4 is 11.6 Å². The second-order valence-electron chi connectivity index (χ2n) is 5.11. The first-order valence-corrected chi connectivity index (χ1v) is 7.39. The van der Waals surface area contributed by atoms with E-state index in [2.05, 4.69) is 9.84 Å². The summed E-state index contributed by atoms with van der Waals surface area (Å²) in [4.78, 5) is 0. The molecule has 124 valence electrons. The van der Waals surface area contributed by atoms with Crippen LogP contribution in [0.3, 0.4) is 0 Å². The van der Waals surface area contributed by atoms with E-state index in [1.807, 2.05) is 6.07 Å². The first kappa shape index (κ1) is 16.4. The molecule has 24 heavy (non-hydrogen) atoms. The molecule has 2 aromatic carbocycles. The number of halogens is 4. The second-order valence-corrected chi connectivity index (χ2v) is 5.52. The number of benzene rings is 2. The zero-order valence-corrected chi connectivity index (χ0v) is 13.3. The van der Waals surface area contributed by atoms with Gasteiger partial charge >= 0.3 is 6.36 Å². The minimum absolute atomic E-state index is 0.287. The van der Waals surface area contributed by atoms with Crippen molar-refractivity contribution in [2.75, 3.05) is 0 Å². The molecule has 0 aliphatic heterocycles. The molecule has 0 spiro atoms. The Morgan fingerprint density at radius 2 is 1.79 bits per heavy atom. The fourth-order valence-corrected chi connectivity index (χ4v) is 2.58. The predicted octanol–water partition coefficient (Wildman–Crippen LogP) is 5.40. The van der Waals surface area contributed by atoms with Crippen LogP contribution in [-0.4, -0.2) is 16.1 Å². The highest BCUT2D eigenvalue weighted by atomic mass is 35.5. The molecule has 0 aliphatic carbocycles. The SMILES string of the molecule is Cc1cc(-c2cccc(OC(F)(F)F)c2)n(-c2ccccc2Cl)n1. The van der Waals surface area contributed by atoms with Gasteiger partial charge in [0.1, 0.15) is 5.75 Å². The normalized spacial score (nSPS) is 11.5. The Hall–Kier alpha value is -2.47. The predicted molar refractivity (Wildman–Crippen MR) is 85.4 cm³/mol. The quantitative estimate of drug-likeness (QED) is 0.631. The van der Waals surface area contributed by atoms with Gasteiger partial charge in [-0.25, -0.2) is 4.68 Å². The zero-order valence-electron chi connectivity index (χ0n) is 12.5. The van der Waals surface area contributed by atoms with Crippen molar-refractivity contribution in [2.45, 2.75) is 13.3 Å². The number of nitrogens with zero attached hydrogens (tertiary/aromatic N) is 2. The molecule has 3 nitrogen and oxygen atoms in total. The highest BCUT2D eigenvalue weighted by Crippen LogP contribution is 2.31. The van der Waals surface area contributed by atoms with Gasteiger partial charge in [-0.3, -0.25) is 0 Å². The van der Waals surface area contributed by atoms with Crippen LogP contribution in [0.25, 0.3) is 16.9 Å². The van der Waals surface area contributed by atoms with Gasteiger partial charge in [0.2, 0.25) is 0 Å². The molecular weight excluding hydrogens is 341 g/mol. The van der Waals surface area contributed by atoms with Gasteiger partial charge in [-0.2, -0.15) is 5.10 Å². The van der Waals surface area contributed by atoms with Crippen LogP contribution in [0, 0.1) is 6.92 Å². The van der Waals surface area contributed by atoms with Crippen molar-refractivity contribution in [3.63, 3.8) is 0 Å². The minimum atomic E-state index is -4.74. The topological polar surface area (TPSA) is 27.1 Å². The van der Waals surface area contributed by atoms with Gasteiger partial charge in [0.05, 0.1) is 22.1 Å². The summed E-state index contributed by atoms with van der Waals surface area (Å²) >= 11 is 6.21. The van der Waals surface area contributed by atoms with Gasteiger partial charge in [0, 0.05) is 5.56 Å². The molecule has 0 saturated heterocycles. The summed E-state index contributed by atoms with van der Waals surface area (Å²) in [5, 5.41) is 4.88. The highest BCUT2D eigenvalue weighted by Gasteiger charge is 2.31. The van der Waals surface area contributed by atoms with Crippen molar-refractivity contribution in [3.05, 3.63) is 65.3 Å². The third-order valence-corrected chi connectivity index (χ3v) is 3.60. The fourth-order valence-electron chi connectivity index (χ4n) is 2.36. The Bertz CT molecular complexity index is 874. The highest BCUT2D eigenvalue weighted by molar-refractivity contribution is 6.32. The number of hydrogen-bond acceptors (Lipinski definition) is 2.